The van der Waals surface area contributed by atoms with Crippen LogP contribution in [0.3, 0.4) is 0 Å². The van der Waals surface area contributed by atoms with Crippen molar-refractivity contribution in [3.8, 4) is 5.75 Å². The summed E-state index contributed by atoms with van der Waals surface area (Å²) in [6, 6.07) is 5.18. The summed E-state index contributed by atoms with van der Waals surface area (Å²) < 4.78 is 18.5. The summed E-state index contributed by atoms with van der Waals surface area (Å²) in [5.74, 6) is 0.318. The van der Waals surface area contributed by atoms with Crippen molar-refractivity contribution in [2.75, 3.05) is 13.7 Å². The van der Waals surface area contributed by atoms with Gasteiger partial charge in [-0.1, -0.05) is 19.1 Å². The number of nitrogens with two attached hydrogens (primary N) is 1. The van der Waals surface area contributed by atoms with Gasteiger partial charge in [0.1, 0.15) is 0 Å². The molecule has 3 heteroatoms. The van der Waals surface area contributed by atoms with E-state index in [-0.39, 0.29) is 11.7 Å². The molecule has 1 aromatic carbocycles. The maximum atomic E-state index is 13.6. The third-order valence-electron chi connectivity index (χ3n) is 2.23. The van der Waals surface area contributed by atoms with E-state index in [1.54, 1.807) is 18.2 Å². The highest BCUT2D eigenvalue weighted by atomic mass is 19.1. The lowest BCUT2D eigenvalue weighted by molar-refractivity contribution is 0.382. The van der Waals surface area contributed by atoms with Crippen LogP contribution in [0.15, 0.2) is 18.2 Å². The average Bonchev–Trinajstić information content (AvgIpc) is 2.21. The predicted molar refractivity (Wildman–Crippen MR) is 54.9 cm³/mol. The van der Waals surface area contributed by atoms with E-state index in [4.69, 9.17) is 10.5 Å². The Morgan fingerprint density at radius 1 is 1.50 bits per heavy atom. The molecule has 0 heterocycles. The highest BCUT2D eigenvalue weighted by molar-refractivity contribution is 5.31. The molecule has 0 saturated carbocycles. The highest BCUT2D eigenvalue weighted by Gasteiger charge is 2.10. The van der Waals surface area contributed by atoms with Crippen molar-refractivity contribution < 1.29 is 9.13 Å². The van der Waals surface area contributed by atoms with E-state index in [2.05, 4.69) is 0 Å². The number of halogens is 1. The quantitative estimate of drug-likeness (QED) is 0.801. The molecule has 0 fully saturated rings. The molecule has 0 aliphatic rings. The minimum Gasteiger partial charge on any atom is -0.494 e. The van der Waals surface area contributed by atoms with Gasteiger partial charge < -0.3 is 10.5 Å². The second-order valence-corrected chi connectivity index (χ2v) is 3.48. The van der Waals surface area contributed by atoms with Gasteiger partial charge in [-0.05, 0) is 30.5 Å². The van der Waals surface area contributed by atoms with Crippen LogP contribution in [0.25, 0.3) is 0 Å². The first-order chi connectivity index (χ1) is 6.69. The third kappa shape index (κ3) is 2.45. The largest absolute Gasteiger partial charge is 0.494 e. The van der Waals surface area contributed by atoms with Gasteiger partial charge in [0.05, 0.1) is 7.11 Å². The lowest BCUT2D eigenvalue weighted by Gasteiger charge is -2.10. The number of benzene rings is 1. The SMILES string of the molecule is COc1cccc(C[C@@H](C)CN)c1F. The average molecular weight is 197 g/mol. The van der Waals surface area contributed by atoms with Gasteiger partial charge in [-0.2, -0.15) is 0 Å². The van der Waals surface area contributed by atoms with Crippen LogP contribution in [0.2, 0.25) is 0 Å². The first kappa shape index (κ1) is 11.0. The molecule has 0 bridgehead atoms. The van der Waals surface area contributed by atoms with Crippen LogP contribution in [-0.2, 0) is 6.42 Å². The van der Waals surface area contributed by atoms with E-state index < -0.39 is 0 Å². The Morgan fingerprint density at radius 3 is 2.79 bits per heavy atom. The van der Waals surface area contributed by atoms with Crippen LogP contribution in [0.5, 0.6) is 5.75 Å². The molecule has 1 aromatic rings. The summed E-state index contributed by atoms with van der Waals surface area (Å²) in [5.41, 5.74) is 6.16. The molecule has 0 saturated heterocycles. The number of hydrogen-bond donors (Lipinski definition) is 1. The summed E-state index contributed by atoms with van der Waals surface area (Å²) >= 11 is 0. The van der Waals surface area contributed by atoms with E-state index in [0.717, 1.165) is 0 Å². The lowest BCUT2D eigenvalue weighted by atomic mass is 10.0. The van der Waals surface area contributed by atoms with E-state index in [1.807, 2.05) is 6.92 Å². The third-order valence-corrected chi connectivity index (χ3v) is 2.23. The molecule has 0 unspecified atom stereocenters. The summed E-state index contributed by atoms with van der Waals surface area (Å²) in [6.07, 6.45) is 0.652. The molecule has 2 nitrogen and oxygen atoms in total. The van der Waals surface area contributed by atoms with Crippen LogP contribution >= 0.6 is 0 Å². The molecule has 0 aromatic heterocycles. The number of hydrogen-bond acceptors (Lipinski definition) is 2. The lowest BCUT2D eigenvalue weighted by Crippen LogP contribution is -2.14. The van der Waals surface area contributed by atoms with Crippen LogP contribution in [-0.4, -0.2) is 13.7 Å². The molecule has 1 atom stereocenters. The Kier molecular flexibility index (Phi) is 3.89. The van der Waals surface area contributed by atoms with Gasteiger partial charge >= 0.3 is 0 Å². The van der Waals surface area contributed by atoms with Crippen molar-refractivity contribution in [2.24, 2.45) is 11.7 Å². The summed E-state index contributed by atoms with van der Waals surface area (Å²) in [5, 5.41) is 0. The molecule has 78 valence electrons. The van der Waals surface area contributed by atoms with E-state index in [0.29, 0.717) is 24.3 Å². The van der Waals surface area contributed by atoms with Crippen LogP contribution in [0.4, 0.5) is 4.39 Å². The maximum absolute atomic E-state index is 13.6. The molecule has 0 radical (unpaired) electrons. The van der Waals surface area contributed by atoms with Gasteiger partial charge in [0.25, 0.3) is 0 Å². The van der Waals surface area contributed by atoms with E-state index in [1.165, 1.54) is 7.11 Å². The molecule has 0 aliphatic carbocycles. The Balaban J connectivity index is 2.86. The molecule has 0 aliphatic heterocycles. The molecular weight excluding hydrogens is 181 g/mol. The van der Waals surface area contributed by atoms with E-state index in [9.17, 15) is 4.39 Å². The molecule has 0 spiro atoms. The summed E-state index contributed by atoms with van der Waals surface area (Å²) in [4.78, 5) is 0. The highest BCUT2D eigenvalue weighted by Crippen LogP contribution is 2.21. The molecular formula is C11H16FNO. The monoisotopic (exact) mass is 197 g/mol. The Hall–Kier alpha value is -1.09. The molecule has 1 rings (SSSR count). The topological polar surface area (TPSA) is 35.2 Å². The minimum atomic E-state index is -0.268. The standard InChI is InChI=1S/C11H16FNO/c1-8(7-13)6-9-4-3-5-10(14-2)11(9)12/h3-5,8H,6-7,13H2,1-2H3/t8-/m1/s1. The smallest absolute Gasteiger partial charge is 0.168 e. The van der Waals surface area contributed by atoms with Crippen molar-refractivity contribution >= 4 is 0 Å². The predicted octanol–water partition coefficient (Wildman–Crippen LogP) is 1.97. The summed E-state index contributed by atoms with van der Waals surface area (Å²) in [7, 11) is 1.47. The van der Waals surface area contributed by atoms with Gasteiger partial charge in [-0.3, -0.25) is 0 Å². The summed E-state index contributed by atoms with van der Waals surface area (Å²) in [6.45, 7) is 2.57. The minimum absolute atomic E-state index is 0.268. The zero-order valence-corrected chi connectivity index (χ0v) is 8.59. The Bertz CT molecular complexity index is 301. The molecule has 0 amide bonds. The van der Waals surface area contributed by atoms with Gasteiger partial charge in [0, 0.05) is 0 Å². The van der Waals surface area contributed by atoms with Crippen molar-refractivity contribution in [3.63, 3.8) is 0 Å². The van der Waals surface area contributed by atoms with Gasteiger partial charge in [-0.25, -0.2) is 4.39 Å². The van der Waals surface area contributed by atoms with Crippen molar-refractivity contribution in [2.45, 2.75) is 13.3 Å². The first-order valence-electron chi connectivity index (χ1n) is 4.70. The zero-order chi connectivity index (χ0) is 10.6. The normalized spacial score (nSPS) is 12.6. The second kappa shape index (κ2) is 4.96. The fourth-order valence-electron chi connectivity index (χ4n) is 1.33. The fraction of sp³-hybridized carbons (Fsp3) is 0.455. The Labute approximate surface area is 83.9 Å². The fourth-order valence-corrected chi connectivity index (χ4v) is 1.33. The maximum Gasteiger partial charge on any atom is 0.168 e. The zero-order valence-electron chi connectivity index (χ0n) is 8.59. The van der Waals surface area contributed by atoms with Gasteiger partial charge in [0.15, 0.2) is 11.6 Å². The van der Waals surface area contributed by atoms with Gasteiger partial charge in [0.2, 0.25) is 0 Å². The van der Waals surface area contributed by atoms with Crippen molar-refractivity contribution in [1.82, 2.24) is 0 Å². The van der Waals surface area contributed by atoms with Gasteiger partial charge in [-0.15, -0.1) is 0 Å². The van der Waals surface area contributed by atoms with Crippen molar-refractivity contribution in [3.05, 3.63) is 29.6 Å². The molecule has 14 heavy (non-hydrogen) atoms. The molecule has 2 N–H and O–H groups in total. The van der Waals surface area contributed by atoms with Crippen molar-refractivity contribution in [1.29, 1.82) is 0 Å². The number of rotatable bonds is 4. The Morgan fingerprint density at radius 2 is 2.21 bits per heavy atom. The van der Waals surface area contributed by atoms with E-state index >= 15 is 0 Å². The van der Waals surface area contributed by atoms with Crippen LogP contribution in [0.1, 0.15) is 12.5 Å². The number of ether oxygens (including phenoxy) is 1. The van der Waals surface area contributed by atoms with Crippen LogP contribution in [0, 0.1) is 11.7 Å². The first-order valence-corrected chi connectivity index (χ1v) is 4.70. The van der Waals surface area contributed by atoms with Crippen LogP contribution < -0.4 is 10.5 Å². The number of methoxy groups -OCH3 is 1. The second-order valence-electron chi connectivity index (χ2n) is 3.48.